The Bertz CT molecular complexity index is 989. The molecule has 0 aliphatic heterocycles. The second-order valence-corrected chi connectivity index (χ2v) is 8.59. The summed E-state index contributed by atoms with van der Waals surface area (Å²) in [7, 11) is 4.54. The molecule has 1 aromatic carbocycles. The number of amides is 1. The number of aryl methyl sites for hydroxylation is 1. The standard InChI is InChI=1S/C24H31NO8S/c1-7-32-24(28)16-12-19(14(2)3)34-23(16)25-20(26)13-33-21(27)9-8-15-10-17(29-4)22(31-6)18(11-15)30-5/h10-12,14H,7-9,13H2,1-6H3,(H,25,26). The molecular weight excluding hydrogens is 462 g/mol. The summed E-state index contributed by atoms with van der Waals surface area (Å²) in [6.45, 7) is 5.45. The molecule has 2 rings (SSSR count). The molecule has 9 nitrogen and oxygen atoms in total. The minimum absolute atomic E-state index is 0.0521. The fourth-order valence-corrected chi connectivity index (χ4v) is 4.12. The van der Waals surface area contributed by atoms with E-state index in [-0.39, 0.29) is 24.5 Å². The lowest BCUT2D eigenvalue weighted by atomic mass is 10.1. The number of methoxy groups -OCH3 is 3. The van der Waals surface area contributed by atoms with Crippen molar-refractivity contribution in [1.82, 2.24) is 0 Å². The predicted octanol–water partition coefficient (Wildman–Crippen LogP) is 4.19. The lowest BCUT2D eigenvalue weighted by molar-refractivity contribution is -0.147. The molecule has 0 saturated heterocycles. The monoisotopic (exact) mass is 493 g/mol. The van der Waals surface area contributed by atoms with E-state index in [0.717, 1.165) is 10.4 Å². The van der Waals surface area contributed by atoms with Crippen LogP contribution in [0.15, 0.2) is 18.2 Å². The Labute approximate surface area is 203 Å². The van der Waals surface area contributed by atoms with Gasteiger partial charge >= 0.3 is 11.9 Å². The van der Waals surface area contributed by atoms with E-state index in [0.29, 0.717) is 28.7 Å². The number of esters is 2. The van der Waals surface area contributed by atoms with Crippen LogP contribution >= 0.6 is 11.3 Å². The molecule has 1 aromatic heterocycles. The molecule has 1 N–H and O–H groups in total. The van der Waals surface area contributed by atoms with Gasteiger partial charge in [-0.15, -0.1) is 11.3 Å². The third kappa shape index (κ3) is 7.11. The number of ether oxygens (including phenoxy) is 5. The summed E-state index contributed by atoms with van der Waals surface area (Å²) in [6.07, 6.45) is 0.406. The number of thiophene rings is 1. The first kappa shape index (κ1) is 27.0. The van der Waals surface area contributed by atoms with Crippen molar-refractivity contribution in [3.05, 3.63) is 34.2 Å². The van der Waals surface area contributed by atoms with E-state index in [9.17, 15) is 14.4 Å². The number of rotatable bonds is 12. The number of hydrogen-bond donors (Lipinski definition) is 1. The van der Waals surface area contributed by atoms with E-state index < -0.39 is 24.5 Å². The van der Waals surface area contributed by atoms with E-state index in [1.54, 1.807) is 25.1 Å². The van der Waals surface area contributed by atoms with Crippen LogP contribution in [0, 0.1) is 0 Å². The van der Waals surface area contributed by atoms with Gasteiger partial charge in [-0.1, -0.05) is 13.8 Å². The van der Waals surface area contributed by atoms with Gasteiger partial charge in [-0.3, -0.25) is 9.59 Å². The largest absolute Gasteiger partial charge is 0.493 e. The van der Waals surface area contributed by atoms with Crippen molar-refractivity contribution >= 4 is 34.2 Å². The fourth-order valence-electron chi connectivity index (χ4n) is 3.05. The summed E-state index contributed by atoms with van der Waals surface area (Å²) in [5, 5.41) is 3.03. The number of hydrogen-bond acceptors (Lipinski definition) is 9. The van der Waals surface area contributed by atoms with Gasteiger partial charge in [-0.2, -0.15) is 0 Å². The molecule has 2 aromatic rings. The van der Waals surface area contributed by atoms with Gasteiger partial charge in [-0.05, 0) is 43.0 Å². The van der Waals surface area contributed by atoms with Crippen LogP contribution in [0.2, 0.25) is 0 Å². The zero-order valence-electron chi connectivity index (χ0n) is 20.3. The summed E-state index contributed by atoms with van der Waals surface area (Å²) in [5.41, 5.74) is 1.08. The molecule has 0 bridgehead atoms. The second kappa shape index (κ2) is 12.8. The quantitative estimate of drug-likeness (QED) is 0.439. The fraction of sp³-hybridized carbons (Fsp3) is 0.458. The molecule has 34 heavy (non-hydrogen) atoms. The van der Waals surface area contributed by atoms with Gasteiger partial charge in [0.15, 0.2) is 18.1 Å². The Morgan fingerprint density at radius 1 is 0.971 bits per heavy atom. The van der Waals surface area contributed by atoms with Crippen LogP contribution in [0.25, 0.3) is 0 Å². The number of nitrogens with one attached hydrogen (secondary N) is 1. The zero-order chi connectivity index (χ0) is 25.3. The molecule has 0 unspecified atom stereocenters. The third-order valence-electron chi connectivity index (χ3n) is 4.78. The van der Waals surface area contributed by atoms with Crippen LogP contribution < -0.4 is 19.5 Å². The van der Waals surface area contributed by atoms with Gasteiger partial charge in [0.2, 0.25) is 5.75 Å². The third-order valence-corrected chi connectivity index (χ3v) is 6.13. The normalized spacial score (nSPS) is 10.6. The maximum atomic E-state index is 12.4. The lowest BCUT2D eigenvalue weighted by Gasteiger charge is -2.14. The van der Waals surface area contributed by atoms with E-state index in [1.165, 1.54) is 32.7 Å². The average Bonchev–Trinajstić information content (AvgIpc) is 3.24. The highest BCUT2D eigenvalue weighted by molar-refractivity contribution is 7.16. The summed E-state index contributed by atoms with van der Waals surface area (Å²) in [6, 6.07) is 5.22. The van der Waals surface area contributed by atoms with Gasteiger partial charge < -0.3 is 29.0 Å². The first-order valence-corrected chi connectivity index (χ1v) is 11.6. The first-order chi connectivity index (χ1) is 16.2. The van der Waals surface area contributed by atoms with Gasteiger partial charge in [0, 0.05) is 11.3 Å². The Kier molecular flexibility index (Phi) is 10.2. The molecule has 0 saturated carbocycles. The summed E-state index contributed by atoms with van der Waals surface area (Å²) in [5.74, 6) is 0.0226. The maximum absolute atomic E-state index is 12.4. The topological polar surface area (TPSA) is 109 Å². The average molecular weight is 494 g/mol. The highest BCUT2D eigenvalue weighted by Crippen LogP contribution is 2.38. The Balaban J connectivity index is 1.95. The second-order valence-electron chi connectivity index (χ2n) is 7.51. The molecule has 10 heteroatoms. The van der Waals surface area contributed by atoms with Crippen LogP contribution in [0.3, 0.4) is 0 Å². The van der Waals surface area contributed by atoms with Crippen LogP contribution in [0.1, 0.15) is 53.9 Å². The molecule has 186 valence electrons. The van der Waals surface area contributed by atoms with Gasteiger partial charge in [0.25, 0.3) is 5.91 Å². The van der Waals surface area contributed by atoms with E-state index in [4.69, 9.17) is 23.7 Å². The van der Waals surface area contributed by atoms with Crippen molar-refractivity contribution in [3.8, 4) is 17.2 Å². The summed E-state index contributed by atoms with van der Waals surface area (Å²) < 4.78 is 26.1. The minimum Gasteiger partial charge on any atom is -0.493 e. The van der Waals surface area contributed by atoms with Crippen LogP contribution in [-0.4, -0.2) is 52.4 Å². The minimum atomic E-state index is -0.538. The van der Waals surface area contributed by atoms with Gasteiger partial charge in [-0.25, -0.2) is 4.79 Å². The molecule has 0 atom stereocenters. The number of benzene rings is 1. The number of carbonyl (C=O) groups is 3. The summed E-state index contributed by atoms with van der Waals surface area (Å²) >= 11 is 1.29. The number of carbonyl (C=O) groups excluding carboxylic acids is 3. The Hall–Kier alpha value is -3.27. The molecule has 0 spiro atoms. The summed E-state index contributed by atoms with van der Waals surface area (Å²) in [4.78, 5) is 37.7. The smallest absolute Gasteiger partial charge is 0.341 e. The number of anilines is 1. The molecule has 0 fully saturated rings. The van der Waals surface area contributed by atoms with Gasteiger partial charge in [0.05, 0.1) is 33.5 Å². The highest BCUT2D eigenvalue weighted by Gasteiger charge is 2.21. The van der Waals surface area contributed by atoms with Crippen LogP contribution in [0.4, 0.5) is 5.00 Å². The lowest BCUT2D eigenvalue weighted by Crippen LogP contribution is -2.21. The van der Waals surface area contributed by atoms with E-state index >= 15 is 0 Å². The van der Waals surface area contributed by atoms with Crippen molar-refractivity contribution in [3.63, 3.8) is 0 Å². The predicted molar refractivity (Wildman–Crippen MR) is 128 cm³/mol. The van der Waals surface area contributed by atoms with Crippen molar-refractivity contribution in [1.29, 1.82) is 0 Å². The molecule has 0 radical (unpaired) electrons. The van der Waals surface area contributed by atoms with E-state index in [1.807, 2.05) is 13.8 Å². The maximum Gasteiger partial charge on any atom is 0.341 e. The molecule has 0 aliphatic rings. The SMILES string of the molecule is CCOC(=O)c1cc(C(C)C)sc1NC(=O)COC(=O)CCc1cc(OC)c(OC)c(OC)c1. The van der Waals surface area contributed by atoms with Crippen LogP contribution in [-0.2, 0) is 25.5 Å². The van der Waals surface area contributed by atoms with Crippen molar-refractivity contribution in [2.24, 2.45) is 0 Å². The first-order valence-electron chi connectivity index (χ1n) is 10.8. The molecule has 0 aliphatic carbocycles. The van der Waals surface area contributed by atoms with Crippen molar-refractivity contribution in [2.45, 2.75) is 39.5 Å². The highest BCUT2D eigenvalue weighted by atomic mass is 32.1. The van der Waals surface area contributed by atoms with Crippen LogP contribution in [0.5, 0.6) is 17.2 Å². The Morgan fingerprint density at radius 3 is 2.15 bits per heavy atom. The van der Waals surface area contributed by atoms with E-state index in [2.05, 4.69) is 5.32 Å². The molecule has 1 heterocycles. The molecular formula is C24H31NO8S. The zero-order valence-corrected chi connectivity index (χ0v) is 21.1. The van der Waals surface area contributed by atoms with Gasteiger partial charge in [0.1, 0.15) is 5.00 Å². The molecule has 1 amide bonds. The van der Waals surface area contributed by atoms with Crippen molar-refractivity contribution in [2.75, 3.05) is 39.9 Å². The Morgan fingerprint density at radius 2 is 1.62 bits per heavy atom. The van der Waals surface area contributed by atoms with Crippen molar-refractivity contribution < 1.29 is 38.1 Å².